The van der Waals surface area contributed by atoms with Crippen LogP contribution in [0.5, 0.6) is 0 Å². The molecule has 0 aromatic heterocycles. The molecule has 1 aromatic rings. The standard InChI is InChI=1S/C11H10Cl2FNO/c12-5-7-4-10(16)15(6-7)11-8(13)2-1-3-9(11)14/h1-3,7H,4-6H2. The summed E-state index contributed by atoms with van der Waals surface area (Å²) in [7, 11) is 0. The van der Waals surface area contributed by atoms with E-state index in [0.29, 0.717) is 18.8 Å². The maximum Gasteiger partial charge on any atom is 0.227 e. The van der Waals surface area contributed by atoms with Crippen LogP contribution in [0.15, 0.2) is 18.2 Å². The van der Waals surface area contributed by atoms with Crippen LogP contribution in [0.3, 0.4) is 0 Å². The van der Waals surface area contributed by atoms with E-state index in [4.69, 9.17) is 23.2 Å². The summed E-state index contributed by atoms with van der Waals surface area (Å²) in [6, 6.07) is 4.38. The van der Waals surface area contributed by atoms with Crippen LogP contribution in [-0.4, -0.2) is 18.3 Å². The van der Waals surface area contributed by atoms with Crippen LogP contribution < -0.4 is 4.90 Å². The van der Waals surface area contributed by atoms with Gasteiger partial charge in [-0.05, 0) is 18.1 Å². The fraction of sp³-hybridized carbons (Fsp3) is 0.364. The first kappa shape index (κ1) is 11.7. The van der Waals surface area contributed by atoms with E-state index >= 15 is 0 Å². The quantitative estimate of drug-likeness (QED) is 0.750. The SMILES string of the molecule is O=C1CC(CCl)CN1c1c(F)cccc1Cl. The predicted molar refractivity (Wildman–Crippen MR) is 62.6 cm³/mol. The molecule has 1 amide bonds. The molecule has 0 bridgehead atoms. The Labute approximate surface area is 103 Å². The molecular weight excluding hydrogens is 252 g/mol. The van der Waals surface area contributed by atoms with Crippen LogP contribution in [0, 0.1) is 11.7 Å². The third kappa shape index (κ3) is 2.02. The molecule has 1 fully saturated rings. The first-order valence-electron chi connectivity index (χ1n) is 4.94. The third-order valence-electron chi connectivity index (χ3n) is 2.63. The highest BCUT2D eigenvalue weighted by atomic mass is 35.5. The number of carbonyl (C=O) groups is 1. The Hall–Kier alpha value is -0.800. The van der Waals surface area contributed by atoms with Gasteiger partial charge >= 0.3 is 0 Å². The lowest BCUT2D eigenvalue weighted by Gasteiger charge is -2.18. The normalized spacial score (nSPS) is 20.6. The topological polar surface area (TPSA) is 20.3 Å². The van der Waals surface area contributed by atoms with Gasteiger partial charge in [-0.25, -0.2) is 4.39 Å². The fourth-order valence-electron chi connectivity index (χ4n) is 1.85. The number of halogens is 3. The molecule has 1 saturated heterocycles. The summed E-state index contributed by atoms with van der Waals surface area (Å²) in [5.41, 5.74) is 0.168. The molecule has 0 saturated carbocycles. The molecule has 16 heavy (non-hydrogen) atoms. The van der Waals surface area contributed by atoms with Crippen molar-refractivity contribution < 1.29 is 9.18 Å². The fourth-order valence-corrected chi connectivity index (χ4v) is 2.32. The number of nitrogens with zero attached hydrogens (tertiary/aromatic N) is 1. The van der Waals surface area contributed by atoms with Gasteiger partial charge in [0, 0.05) is 18.8 Å². The molecule has 2 rings (SSSR count). The van der Waals surface area contributed by atoms with Gasteiger partial charge in [-0.3, -0.25) is 4.79 Å². The van der Waals surface area contributed by atoms with Crippen molar-refractivity contribution in [3.05, 3.63) is 29.0 Å². The smallest absolute Gasteiger partial charge is 0.227 e. The highest BCUT2D eigenvalue weighted by Gasteiger charge is 2.32. The van der Waals surface area contributed by atoms with Crippen molar-refractivity contribution >= 4 is 34.8 Å². The summed E-state index contributed by atoms with van der Waals surface area (Å²) in [6.07, 6.45) is 0.355. The van der Waals surface area contributed by atoms with Gasteiger partial charge in [0.25, 0.3) is 0 Å². The number of benzene rings is 1. The Balaban J connectivity index is 2.35. The Bertz CT molecular complexity index is 404. The van der Waals surface area contributed by atoms with Crippen LogP contribution in [0.4, 0.5) is 10.1 Å². The highest BCUT2D eigenvalue weighted by molar-refractivity contribution is 6.34. The molecule has 0 N–H and O–H groups in total. The van der Waals surface area contributed by atoms with E-state index in [1.54, 1.807) is 6.07 Å². The average Bonchev–Trinajstić information content (AvgIpc) is 2.60. The Morgan fingerprint density at radius 3 is 2.81 bits per heavy atom. The van der Waals surface area contributed by atoms with E-state index in [9.17, 15) is 9.18 Å². The molecule has 0 radical (unpaired) electrons. The van der Waals surface area contributed by atoms with Crippen molar-refractivity contribution in [2.45, 2.75) is 6.42 Å². The molecule has 5 heteroatoms. The van der Waals surface area contributed by atoms with Crippen LogP contribution >= 0.6 is 23.2 Å². The number of para-hydroxylation sites is 1. The number of rotatable bonds is 2. The van der Waals surface area contributed by atoms with Crippen molar-refractivity contribution in [1.82, 2.24) is 0 Å². The largest absolute Gasteiger partial charge is 0.308 e. The van der Waals surface area contributed by atoms with E-state index in [-0.39, 0.29) is 22.5 Å². The minimum absolute atomic E-state index is 0.0739. The van der Waals surface area contributed by atoms with Gasteiger partial charge in [-0.1, -0.05) is 17.7 Å². The minimum Gasteiger partial charge on any atom is -0.308 e. The van der Waals surface area contributed by atoms with Gasteiger partial charge in [-0.15, -0.1) is 11.6 Å². The number of amides is 1. The molecule has 0 spiro atoms. The maximum absolute atomic E-state index is 13.6. The first-order chi connectivity index (χ1) is 7.63. The van der Waals surface area contributed by atoms with E-state index in [0.717, 1.165) is 0 Å². The van der Waals surface area contributed by atoms with Gasteiger partial charge in [0.05, 0.1) is 10.7 Å². The average molecular weight is 262 g/mol. The summed E-state index contributed by atoms with van der Waals surface area (Å²) in [6.45, 7) is 0.434. The molecule has 2 nitrogen and oxygen atoms in total. The number of alkyl halides is 1. The molecular formula is C11H10Cl2FNO. The summed E-state index contributed by atoms with van der Waals surface area (Å²) in [4.78, 5) is 13.1. The number of carbonyl (C=O) groups excluding carboxylic acids is 1. The number of hydrogen-bond donors (Lipinski definition) is 0. The van der Waals surface area contributed by atoms with E-state index in [1.165, 1.54) is 17.0 Å². The highest BCUT2D eigenvalue weighted by Crippen LogP contribution is 2.33. The molecule has 1 atom stereocenters. The molecule has 1 aliphatic heterocycles. The van der Waals surface area contributed by atoms with E-state index < -0.39 is 5.82 Å². The summed E-state index contributed by atoms with van der Waals surface area (Å²) >= 11 is 11.6. The van der Waals surface area contributed by atoms with Crippen LogP contribution in [0.2, 0.25) is 5.02 Å². The van der Waals surface area contributed by atoms with Gasteiger partial charge in [0.1, 0.15) is 5.82 Å². The summed E-state index contributed by atoms with van der Waals surface area (Å²) in [5.74, 6) is -0.132. The van der Waals surface area contributed by atoms with Gasteiger partial charge in [-0.2, -0.15) is 0 Å². The van der Waals surface area contributed by atoms with Crippen molar-refractivity contribution in [3.8, 4) is 0 Å². The third-order valence-corrected chi connectivity index (χ3v) is 3.37. The second-order valence-electron chi connectivity index (χ2n) is 3.80. The van der Waals surface area contributed by atoms with Crippen LogP contribution in [0.1, 0.15) is 6.42 Å². The number of hydrogen-bond acceptors (Lipinski definition) is 1. The van der Waals surface area contributed by atoms with Gasteiger partial charge in [0.15, 0.2) is 0 Å². The lowest BCUT2D eigenvalue weighted by atomic mass is 10.1. The molecule has 1 aromatic carbocycles. The molecule has 86 valence electrons. The van der Waals surface area contributed by atoms with Crippen molar-refractivity contribution in [1.29, 1.82) is 0 Å². The Morgan fingerprint density at radius 1 is 1.50 bits per heavy atom. The number of anilines is 1. The lowest BCUT2D eigenvalue weighted by Crippen LogP contribution is -2.26. The van der Waals surface area contributed by atoms with E-state index in [1.807, 2.05) is 0 Å². The van der Waals surface area contributed by atoms with Gasteiger partial charge in [0.2, 0.25) is 5.91 Å². The van der Waals surface area contributed by atoms with Crippen molar-refractivity contribution in [2.24, 2.45) is 5.92 Å². The molecule has 1 aliphatic rings. The van der Waals surface area contributed by atoms with Gasteiger partial charge < -0.3 is 4.90 Å². The predicted octanol–water partition coefficient (Wildman–Crippen LogP) is 3.07. The zero-order chi connectivity index (χ0) is 11.7. The zero-order valence-corrected chi connectivity index (χ0v) is 9.93. The maximum atomic E-state index is 13.6. The van der Waals surface area contributed by atoms with Crippen molar-refractivity contribution in [3.63, 3.8) is 0 Å². The lowest BCUT2D eigenvalue weighted by molar-refractivity contribution is -0.117. The van der Waals surface area contributed by atoms with Crippen LogP contribution in [0.25, 0.3) is 0 Å². The Morgan fingerprint density at radius 2 is 2.25 bits per heavy atom. The molecule has 1 heterocycles. The van der Waals surface area contributed by atoms with Crippen molar-refractivity contribution in [2.75, 3.05) is 17.3 Å². The summed E-state index contributed by atoms with van der Waals surface area (Å²) < 4.78 is 13.6. The van der Waals surface area contributed by atoms with Crippen LogP contribution in [-0.2, 0) is 4.79 Å². The Kier molecular flexibility index (Phi) is 3.36. The second kappa shape index (κ2) is 4.60. The monoisotopic (exact) mass is 261 g/mol. The van der Waals surface area contributed by atoms with E-state index in [2.05, 4.69) is 0 Å². The second-order valence-corrected chi connectivity index (χ2v) is 4.51. The molecule has 1 unspecified atom stereocenters. The molecule has 0 aliphatic carbocycles. The minimum atomic E-state index is -0.476. The first-order valence-corrected chi connectivity index (χ1v) is 5.85. The zero-order valence-electron chi connectivity index (χ0n) is 8.42. The summed E-state index contributed by atoms with van der Waals surface area (Å²) in [5, 5.41) is 0.253.